The highest BCUT2D eigenvalue weighted by Crippen LogP contribution is 2.17. The number of ether oxygens (including phenoxy) is 1. The maximum absolute atomic E-state index is 12.2. The van der Waals surface area contributed by atoms with Crippen LogP contribution in [0.15, 0.2) is 18.2 Å². The number of nitrogens with one attached hydrogen (secondary N) is 2. The molecule has 1 aromatic carbocycles. The summed E-state index contributed by atoms with van der Waals surface area (Å²) in [6.07, 6.45) is 0.449. The Bertz CT molecular complexity index is 477. The molecule has 0 bridgehead atoms. The third-order valence-electron chi connectivity index (χ3n) is 3.91. The molecule has 2 atom stereocenters. The molecule has 0 aromatic heterocycles. The van der Waals surface area contributed by atoms with E-state index in [1.165, 1.54) is 10.5 Å². The fourth-order valence-electron chi connectivity index (χ4n) is 2.84. The molecule has 110 valence electrons. The van der Waals surface area contributed by atoms with E-state index in [4.69, 9.17) is 4.74 Å². The predicted octanol–water partition coefficient (Wildman–Crippen LogP) is 0.934. The van der Waals surface area contributed by atoms with E-state index in [0.29, 0.717) is 6.54 Å². The Kier molecular flexibility index (Phi) is 4.78. The standard InChI is InChI=1S/C16H24N2O2/c1-11-6-5-7-15(14(11)4)17-16(19)10-18-8-12(2)20-13(3)9-18/h5-7,12-13H,8-10H2,1-4H3,(H,17,19)/p+1/t12-,13-/m0/s1. The van der Waals surface area contributed by atoms with Crippen LogP contribution in [0.25, 0.3) is 0 Å². The zero-order chi connectivity index (χ0) is 14.7. The summed E-state index contributed by atoms with van der Waals surface area (Å²) in [5.41, 5.74) is 3.26. The van der Waals surface area contributed by atoms with Crippen molar-refractivity contribution in [2.45, 2.75) is 39.9 Å². The van der Waals surface area contributed by atoms with Crippen molar-refractivity contribution in [2.75, 3.05) is 25.0 Å². The highest BCUT2D eigenvalue weighted by molar-refractivity contribution is 5.92. The van der Waals surface area contributed by atoms with Crippen molar-refractivity contribution in [2.24, 2.45) is 0 Å². The number of carbonyl (C=O) groups is 1. The first kappa shape index (κ1) is 15.0. The van der Waals surface area contributed by atoms with Gasteiger partial charge >= 0.3 is 0 Å². The van der Waals surface area contributed by atoms with Gasteiger partial charge in [-0.15, -0.1) is 0 Å². The molecule has 0 aliphatic carbocycles. The third-order valence-corrected chi connectivity index (χ3v) is 3.91. The quantitative estimate of drug-likeness (QED) is 0.863. The maximum Gasteiger partial charge on any atom is 0.279 e. The van der Waals surface area contributed by atoms with Crippen LogP contribution >= 0.6 is 0 Å². The largest absolute Gasteiger partial charge is 0.364 e. The zero-order valence-electron chi connectivity index (χ0n) is 12.8. The van der Waals surface area contributed by atoms with E-state index in [-0.39, 0.29) is 18.1 Å². The van der Waals surface area contributed by atoms with Crippen LogP contribution in [0.2, 0.25) is 0 Å². The molecule has 1 fully saturated rings. The average molecular weight is 277 g/mol. The number of benzene rings is 1. The molecule has 0 spiro atoms. The molecule has 1 heterocycles. The molecule has 4 heteroatoms. The monoisotopic (exact) mass is 277 g/mol. The van der Waals surface area contributed by atoms with Crippen LogP contribution in [-0.2, 0) is 9.53 Å². The number of morpholine rings is 1. The van der Waals surface area contributed by atoms with Crippen LogP contribution in [0, 0.1) is 13.8 Å². The lowest BCUT2D eigenvalue weighted by molar-refractivity contribution is -0.907. The Labute approximate surface area is 121 Å². The SMILES string of the molecule is Cc1cccc(NC(=O)C[NH+]2C[C@H](C)O[C@@H](C)C2)c1C. The van der Waals surface area contributed by atoms with Gasteiger partial charge in [-0.2, -0.15) is 0 Å². The van der Waals surface area contributed by atoms with E-state index in [1.807, 2.05) is 19.1 Å². The Morgan fingerprint density at radius 2 is 1.95 bits per heavy atom. The summed E-state index contributed by atoms with van der Waals surface area (Å²) in [7, 11) is 0. The molecule has 2 rings (SSSR count). The molecule has 1 amide bonds. The summed E-state index contributed by atoms with van der Waals surface area (Å²) in [5.74, 6) is 0.0787. The van der Waals surface area contributed by atoms with Gasteiger partial charge in [-0.05, 0) is 44.9 Å². The topological polar surface area (TPSA) is 42.8 Å². The number of amides is 1. The molecule has 2 N–H and O–H groups in total. The molecule has 1 aliphatic rings. The molecular formula is C16H25N2O2+. The lowest BCUT2D eigenvalue weighted by Crippen LogP contribution is -3.16. The van der Waals surface area contributed by atoms with E-state index in [1.54, 1.807) is 0 Å². The molecule has 1 saturated heterocycles. The minimum atomic E-state index is 0.0787. The number of aryl methyl sites for hydroxylation is 1. The highest BCUT2D eigenvalue weighted by atomic mass is 16.5. The second-order valence-corrected chi connectivity index (χ2v) is 5.89. The van der Waals surface area contributed by atoms with Crippen molar-refractivity contribution < 1.29 is 14.4 Å². The molecule has 20 heavy (non-hydrogen) atoms. The number of hydrogen-bond acceptors (Lipinski definition) is 2. The Hall–Kier alpha value is -1.39. The van der Waals surface area contributed by atoms with Gasteiger partial charge in [0.25, 0.3) is 5.91 Å². The second-order valence-electron chi connectivity index (χ2n) is 5.89. The van der Waals surface area contributed by atoms with Gasteiger partial charge < -0.3 is 15.0 Å². The van der Waals surface area contributed by atoms with E-state index in [2.05, 4.69) is 32.2 Å². The second kappa shape index (κ2) is 6.37. The van der Waals surface area contributed by atoms with Crippen LogP contribution in [0.5, 0.6) is 0 Å². The molecule has 0 radical (unpaired) electrons. The van der Waals surface area contributed by atoms with Crippen LogP contribution in [0.4, 0.5) is 5.69 Å². The van der Waals surface area contributed by atoms with Gasteiger partial charge in [-0.25, -0.2) is 0 Å². The van der Waals surface area contributed by atoms with Crippen LogP contribution in [0.3, 0.4) is 0 Å². The van der Waals surface area contributed by atoms with Crippen molar-refractivity contribution >= 4 is 11.6 Å². The summed E-state index contributed by atoms with van der Waals surface area (Å²) in [6.45, 7) is 10.5. The lowest BCUT2D eigenvalue weighted by atomic mass is 10.1. The Morgan fingerprint density at radius 1 is 1.30 bits per heavy atom. The van der Waals surface area contributed by atoms with Gasteiger partial charge in [-0.3, -0.25) is 4.79 Å². The van der Waals surface area contributed by atoms with Crippen LogP contribution < -0.4 is 10.2 Å². The van der Waals surface area contributed by atoms with Crippen LogP contribution in [0.1, 0.15) is 25.0 Å². The van der Waals surface area contributed by atoms with Crippen molar-refractivity contribution in [1.82, 2.24) is 0 Å². The number of carbonyl (C=O) groups excluding carboxylic acids is 1. The van der Waals surface area contributed by atoms with Crippen LogP contribution in [-0.4, -0.2) is 37.7 Å². The summed E-state index contributed by atoms with van der Waals surface area (Å²) < 4.78 is 5.70. The fourth-order valence-corrected chi connectivity index (χ4v) is 2.84. The Balaban J connectivity index is 1.94. The minimum absolute atomic E-state index is 0.0787. The molecular weight excluding hydrogens is 252 g/mol. The Morgan fingerprint density at radius 3 is 2.60 bits per heavy atom. The molecule has 0 saturated carbocycles. The number of anilines is 1. The number of quaternary nitrogens is 1. The molecule has 0 unspecified atom stereocenters. The van der Waals surface area contributed by atoms with Gasteiger partial charge in [-0.1, -0.05) is 12.1 Å². The summed E-state index contributed by atoms with van der Waals surface area (Å²) in [4.78, 5) is 13.5. The minimum Gasteiger partial charge on any atom is -0.364 e. The average Bonchev–Trinajstić information content (AvgIpc) is 2.33. The van der Waals surface area contributed by atoms with E-state index < -0.39 is 0 Å². The predicted molar refractivity (Wildman–Crippen MR) is 80.1 cm³/mol. The zero-order valence-corrected chi connectivity index (χ0v) is 12.8. The molecule has 4 nitrogen and oxygen atoms in total. The first-order valence-corrected chi connectivity index (χ1v) is 7.30. The number of hydrogen-bond donors (Lipinski definition) is 2. The maximum atomic E-state index is 12.2. The summed E-state index contributed by atoms with van der Waals surface area (Å²) in [5, 5.41) is 3.03. The van der Waals surface area contributed by atoms with Crippen molar-refractivity contribution in [3.8, 4) is 0 Å². The fraction of sp³-hybridized carbons (Fsp3) is 0.562. The molecule has 1 aromatic rings. The van der Waals surface area contributed by atoms with Gasteiger partial charge in [0, 0.05) is 5.69 Å². The lowest BCUT2D eigenvalue weighted by Gasteiger charge is -2.31. The van der Waals surface area contributed by atoms with Gasteiger partial charge in [0.1, 0.15) is 25.3 Å². The van der Waals surface area contributed by atoms with Gasteiger partial charge in [0.2, 0.25) is 0 Å². The first-order chi connectivity index (χ1) is 9.45. The van der Waals surface area contributed by atoms with Crippen molar-refractivity contribution in [3.05, 3.63) is 29.3 Å². The first-order valence-electron chi connectivity index (χ1n) is 7.30. The summed E-state index contributed by atoms with van der Waals surface area (Å²) in [6, 6.07) is 5.99. The normalized spacial score (nSPS) is 26.3. The van der Waals surface area contributed by atoms with Crippen molar-refractivity contribution in [3.63, 3.8) is 0 Å². The van der Waals surface area contributed by atoms with E-state index in [9.17, 15) is 4.79 Å². The van der Waals surface area contributed by atoms with Gasteiger partial charge in [0.15, 0.2) is 6.54 Å². The van der Waals surface area contributed by atoms with Crippen molar-refractivity contribution in [1.29, 1.82) is 0 Å². The third kappa shape index (κ3) is 3.81. The highest BCUT2D eigenvalue weighted by Gasteiger charge is 2.27. The van der Waals surface area contributed by atoms with E-state index in [0.717, 1.165) is 24.3 Å². The molecule has 1 aliphatic heterocycles. The summed E-state index contributed by atoms with van der Waals surface area (Å²) >= 11 is 0. The number of rotatable bonds is 3. The van der Waals surface area contributed by atoms with E-state index >= 15 is 0 Å². The smallest absolute Gasteiger partial charge is 0.279 e. The van der Waals surface area contributed by atoms with Gasteiger partial charge in [0.05, 0.1) is 0 Å².